The fourth-order valence-electron chi connectivity index (χ4n) is 1.55. The third-order valence-electron chi connectivity index (χ3n) is 2.74. The van der Waals surface area contributed by atoms with E-state index in [4.69, 9.17) is 0 Å². The highest BCUT2D eigenvalue weighted by atomic mass is 79.9. The highest BCUT2D eigenvalue weighted by Crippen LogP contribution is 2.31. The van der Waals surface area contributed by atoms with Gasteiger partial charge in [-0.1, -0.05) is 12.8 Å². The monoisotopic (exact) mass is 283 g/mol. The van der Waals surface area contributed by atoms with Crippen LogP contribution in [0.1, 0.15) is 29.6 Å². The highest BCUT2D eigenvalue weighted by Gasteiger charge is 2.20. The van der Waals surface area contributed by atoms with Gasteiger partial charge in [-0.2, -0.15) is 0 Å². The van der Waals surface area contributed by atoms with E-state index in [0.717, 1.165) is 18.9 Å². The standard InChI is InChI=1S/C12H14BrNO2/c13-10-4-3-9(7-11(10)15)12(16)14-6-5-8-1-2-8/h3-4,7-8,15H,1-2,5-6H2,(H,14,16). The molecule has 0 aliphatic heterocycles. The molecule has 0 saturated heterocycles. The number of amides is 1. The van der Waals surface area contributed by atoms with Gasteiger partial charge in [0.1, 0.15) is 5.75 Å². The summed E-state index contributed by atoms with van der Waals surface area (Å²) < 4.78 is 0.599. The predicted molar refractivity (Wildman–Crippen MR) is 65.5 cm³/mol. The maximum atomic E-state index is 11.7. The van der Waals surface area contributed by atoms with Crippen molar-refractivity contribution < 1.29 is 9.90 Å². The van der Waals surface area contributed by atoms with Crippen LogP contribution in [-0.4, -0.2) is 17.6 Å². The molecule has 0 heterocycles. The average Bonchev–Trinajstić information content (AvgIpc) is 3.06. The molecule has 1 aromatic carbocycles. The Kier molecular flexibility index (Phi) is 3.49. The first-order valence-electron chi connectivity index (χ1n) is 5.43. The van der Waals surface area contributed by atoms with Crippen molar-refractivity contribution in [3.05, 3.63) is 28.2 Å². The number of phenols is 1. The third-order valence-corrected chi connectivity index (χ3v) is 3.41. The zero-order valence-electron chi connectivity index (χ0n) is 8.87. The number of nitrogens with one attached hydrogen (secondary N) is 1. The summed E-state index contributed by atoms with van der Waals surface area (Å²) in [6, 6.07) is 4.83. The predicted octanol–water partition coefficient (Wildman–Crippen LogP) is 2.68. The van der Waals surface area contributed by atoms with Crippen LogP contribution < -0.4 is 5.32 Å². The van der Waals surface area contributed by atoms with Gasteiger partial charge in [-0.05, 0) is 46.5 Å². The van der Waals surface area contributed by atoms with Gasteiger partial charge in [0.15, 0.2) is 0 Å². The molecule has 3 nitrogen and oxygen atoms in total. The van der Waals surface area contributed by atoms with Crippen LogP contribution in [0.3, 0.4) is 0 Å². The molecule has 0 aromatic heterocycles. The van der Waals surface area contributed by atoms with Crippen molar-refractivity contribution in [3.8, 4) is 5.75 Å². The minimum absolute atomic E-state index is 0.0924. The number of carbonyl (C=O) groups is 1. The van der Waals surface area contributed by atoms with Gasteiger partial charge in [0.05, 0.1) is 4.47 Å². The molecule has 2 N–H and O–H groups in total. The zero-order chi connectivity index (χ0) is 11.5. The summed E-state index contributed by atoms with van der Waals surface area (Å²) >= 11 is 3.18. The van der Waals surface area contributed by atoms with Crippen molar-refractivity contribution in [2.24, 2.45) is 5.92 Å². The molecule has 0 atom stereocenters. The van der Waals surface area contributed by atoms with Gasteiger partial charge in [0.2, 0.25) is 0 Å². The largest absolute Gasteiger partial charge is 0.507 e. The first-order chi connectivity index (χ1) is 7.66. The molecule has 4 heteroatoms. The van der Waals surface area contributed by atoms with Crippen LogP contribution in [0.4, 0.5) is 0 Å². The Balaban J connectivity index is 1.88. The number of carbonyl (C=O) groups excluding carboxylic acids is 1. The normalized spacial score (nSPS) is 14.8. The maximum Gasteiger partial charge on any atom is 0.251 e. The number of hydrogen-bond donors (Lipinski definition) is 2. The van der Waals surface area contributed by atoms with Crippen molar-refractivity contribution in [1.82, 2.24) is 5.32 Å². The first kappa shape index (κ1) is 11.5. The fourth-order valence-corrected chi connectivity index (χ4v) is 1.80. The molecule has 0 radical (unpaired) electrons. The van der Waals surface area contributed by atoms with E-state index in [1.807, 2.05) is 0 Å². The topological polar surface area (TPSA) is 49.3 Å². The molecular formula is C12H14BrNO2. The number of phenolic OH excluding ortho intramolecular Hbond substituents is 1. The molecule has 0 bridgehead atoms. The van der Waals surface area contributed by atoms with Crippen LogP contribution in [0.15, 0.2) is 22.7 Å². The Labute approximate surface area is 103 Å². The molecule has 0 unspecified atom stereocenters. The molecule has 1 aliphatic rings. The molecule has 0 spiro atoms. The molecule has 1 amide bonds. The fraction of sp³-hybridized carbons (Fsp3) is 0.417. The van der Waals surface area contributed by atoms with Gasteiger partial charge in [-0.3, -0.25) is 4.79 Å². The second kappa shape index (κ2) is 4.87. The van der Waals surface area contributed by atoms with Gasteiger partial charge < -0.3 is 10.4 Å². The zero-order valence-corrected chi connectivity index (χ0v) is 10.5. The number of rotatable bonds is 4. The van der Waals surface area contributed by atoms with Crippen molar-refractivity contribution >= 4 is 21.8 Å². The number of aromatic hydroxyl groups is 1. The molecule has 86 valence electrons. The maximum absolute atomic E-state index is 11.7. The Hall–Kier alpha value is -1.03. The van der Waals surface area contributed by atoms with Crippen molar-refractivity contribution in [1.29, 1.82) is 0 Å². The second-order valence-electron chi connectivity index (χ2n) is 4.15. The van der Waals surface area contributed by atoms with Crippen LogP contribution >= 0.6 is 15.9 Å². The second-order valence-corrected chi connectivity index (χ2v) is 5.01. The first-order valence-corrected chi connectivity index (χ1v) is 6.23. The van der Waals surface area contributed by atoms with Crippen molar-refractivity contribution in [2.45, 2.75) is 19.3 Å². The average molecular weight is 284 g/mol. The Morgan fingerprint density at radius 3 is 2.88 bits per heavy atom. The smallest absolute Gasteiger partial charge is 0.251 e. The minimum Gasteiger partial charge on any atom is -0.507 e. The quantitative estimate of drug-likeness (QED) is 0.893. The van der Waals surface area contributed by atoms with Crippen LogP contribution in [0.25, 0.3) is 0 Å². The molecular weight excluding hydrogens is 270 g/mol. The van der Waals surface area contributed by atoms with E-state index in [-0.39, 0.29) is 11.7 Å². The van der Waals surface area contributed by atoms with Gasteiger partial charge in [0, 0.05) is 12.1 Å². The summed E-state index contributed by atoms with van der Waals surface area (Å²) in [6.45, 7) is 0.723. The van der Waals surface area contributed by atoms with E-state index in [2.05, 4.69) is 21.2 Å². The Bertz CT molecular complexity index is 402. The van der Waals surface area contributed by atoms with Gasteiger partial charge in [-0.15, -0.1) is 0 Å². The molecule has 1 aromatic rings. The summed E-state index contributed by atoms with van der Waals surface area (Å²) in [5, 5.41) is 12.3. The lowest BCUT2D eigenvalue weighted by molar-refractivity contribution is 0.0952. The van der Waals surface area contributed by atoms with E-state index in [0.29, 0.717) is 10.0 Å². The summed E-state index contributed by atoms with van der Waals surface area (Å²) in [4.78, 5) is 11.7. The highest BCUT2D eigenvalue weighted by molar-refractivity contribution is 9.10. The number of hydrogen-bond acceptors (Lipinski definition) is 2. The van der Waals surface area contributed by atoms with Crippen LogP contribution in [0, 0.1) is 5.92 Å². The molecule has 1 aliphatic carbocycles. The third kappa shape index (κ3) is 2.98. The lowest BCUT2D eigenvalue weighted by Gasteiger charge is -2.05. The van der Waals surface area contributed by atoms with E-state index < -0.39 is 0 Å². The number of halogens is 1. The van der Waals surface area contributed by atoms with Gasteiger partial charge >= 0.3 is 0 Å². The summed E-state index contributed by atoms with van der Waals surface area (Å²) in [7, 11) is 0. The van der Waals surface area contributed by atoms with E-state index >= 15 is 0 Å². The lowest BCUT2D eigenvalue weighted by Crippen LogP contribution is -2.24. The Morgan fingerprint density at radius 1 is 1.50 bits per heavy atom. The molecule has 1 fully saturated rings. The molecule has 2 rings (SSSR count). The van der Waals surface area contributed by atoms with Crippen molar-refractivity contribution in [2.75, 3.05) is 6.54 Å². The van der Waals surface area contributed by atoms with E-state index in [9.17, 15) is 9.90 Å². The summed E-state index contributed by atoms with van der Waals surface area (Å²) in [6.07, 6.45) is 3.66. The SMILES string of the molecule is O=C(NCCC1CC1)c1ccc(Br)c(O)c1. The minimum atomic E-state index is -0.122. The van der Waals surface area contributed by atoms with Gasteiger partial charge in [-0.25, -0.2) is 0 Å². The lowest BCUT2D eigenvalue weighted by atomic mass is 10.2. The Morgan fingerprint density at radius 2 is 2.25 bits per heavy atom. The van der Waals surface area contributed by atoms with Crippen LogP contribution in [-0.2, 0) is 0 Å². The van der Waals surface area contributed by atoms with Crippen LogP contribution in [0.5, 0.6) is 5.75 Å². The van der Waals surface area contributed by atoms with Crippen LogP contribution in [0.2, 0.25) is 0 Å². The van der Waals surface area contributed by atoms with E-state index in [1.165, 1.54) is 18.9 Å². The summed E-state index contributed by atoms with van der Waals surface area (Å²) in [5.74, 6) is 0.789. The van der Waals surface area contributed by atoms with E-state index in [1.54, 1.807) is 12.1 Å². The van der Waals surface area contributed by atoms with Gasteiger partial charge in [0.25, 0.3) is 5.91 Å². The number of benzene rings is 1. The van der Waals surface area contributed by atoms with Crippen molar-refractivity contribution in [3.63, 3.8) is 0 Å². The summed E-state index contributed by atoms with van der Waals surface area (Å²) in [5.41, 5.74) is 0.497. The molecule has 1 saturated carbocycles. The molecule has 16 heavy (non-hydrogen) atoms.